The largest absolute Gasteiger partial charge is 0.507 e. The monoisotopic (exact) mass is 1740 g/mol. The number of phenols is 2. The fourth-order valence-electron chi connectivity index (χ4n) is 15.4. The van der Waals surface area contributed by atoms with Gasteiger partial charge in [0, 0.05) is 55.8 Å². The number of aromatic hydroxyl groups is 2. The van der Waals surface area contributed by atoms with Crippen molar-refractivity contribution in [1.29, 1.82) is 0 Å². The van der Waals surface area contributed by atoms with Crippen LogP contribution in [0.3, 0.4) is 0 Å². The van der Waals surface area contributed by atoms with Crippen LogP contribution >= 0.6 is 15.9 Å². The topological polar surface area (TPSA) is 120 Å². The van der Waals surface area contributed by atoms with Gasteiger partial charge in [0.25, 0.3) is 0 Å². The molecule has 12 aromatic carbocycles. The van der Waals surface area contributed by atoms with Crippen molar-refractivity contribution in [3.05, 3.63) is 341 Å². The number of pyridine rings is 2. The average Bonchev–Trinajstić information content (AvgIpc) is 1.60. The number of hydrogen-bond donors (Lipinski definition) is 2. The zero-order valence-corrected chi connectivity index (χ0v) is 77.3. The van der Waals surface area contributed by atoms with Crippen molar-refractivity contribution in [3.8, 4) is 124 Å². The molecule has 0 amide bonds. The smallest absolute Gasteiger partial charge is 0.494 e. The van der Waals surface area contributed by atoms with Crippen LogP contribution in [0.15, 0.2) is 308 Å². The summed E-state index contributed by atoms with van der Waals surface area (Å²) in [5.74, 6) is 1.03. The van der Waals surface area contributed by atoms with E-state index in [1.807, 2.05) is 155 Å². The molecule has 0 saturated carbocycles. The number of fused-ring (bicyclic) bond motifs is 2. The summed E-state index contributed by atoms with van der Waals surface area (Å²) in [6, 6.07) is 45.6. The average molecular weight is 1750 g/mol. The fourth-order valence-corrected chi connectivity index (χ4v) is 15.8. The molecule has 0 aliphatic carbocycles. The molecular weight excluding hydrogens is 1610 g/mol. The van der Waals surface area contributed by atoms with Crippen molar-refractivity contribution in [1.82, 2.24) is 29.1 Å². The zero-order chi connectivity index (χ0) is 107. The van der Waals surface area contributed by atoms with Gasteiger partial charge in [0.15, 0.2) is 0 Å². The van der Waals surface area contributed by atoms with Gasteiger partial charge in [-0.2, -0.15) is 0 Å². The van der Waals surface area contributed by atoms with Crippen LogP contribution < -0.4 is 5.46 Å². The van der Waals surface area contributed by atoms with Gasteiger partial charge in [-0.05, 0) is 228 Å². The molecule has 5 heterocycles. The lowest BCUT2D eigenvalue weighted by Gasteiger charge is -2.32. The Morgan fingerprint density at radius 1 is 0.333 bits per heavy atom. The second-order valence-corrected chi connectivity index (χ2v) is 40.1. The van der Waals surface area contributed by atoms with Gasteiger partial charge in [0.2, 0.25) is 0 Å². The summed E-state index contributed by atoms with van der Waals surface area (Å²) in [6.07, 6.45) is 3.17. The van der Waals surface area contributed by atoms with Crippen molar-refractivity contribution in [2.45, 2.75) is 196 Å². The minimum absolute atomic E-state index is 0.0273. The number of rotatable bonds is 12. The van der Waals surface area contributed by atoms with Crippen molar-refractivity contribution >= 4 is 50.6 Å². The molecule has 126 heavy (non-hydrogen) atoms. The number of benzene rings is 12. The normalized spacial score (nSPS) is 15.8. The highest BCUT2D eigenvalue weighted by molar-refractivity contribution is 9.10. The Labute approximate surface area is 783 Å². The van der Waals surface area contributed by atoms with E-state index >= 15 is 0 Å². The molecule has 1 fully saturated rings. The van der Waals surface area contributed by atoms with E-state index in [9.17, 15) is 10.2 Å². The minimum Gasteiger partial charge on any atom is -0.507 e. The molecule has 0 spiro atoms. The molecule has 12 heteroatoms. The molecule has 0 radical (unpaired) electrons. The molecule has 0 unspecified atom stereocenters. The maximum Gasteiger partial charge on any atom is 0.494 e. The van der Waals surface area contributed by atoms with Crippen LogP contribution in [0.25, 0.3) is 134 Å². The van der Waals surface area contributed by atoms with Gasteiger partial charge in [0.1, 0.15) is 28.7 Å². The van der Waals surface area contributed by atoms with E-state index in [0.717, 1.165) is 71.1 Å². The highest BCUT2D eigenvalue weighted by Crippen LogP contribution is 2.49. The van der Waals surface area contributed by atoms with Crippen LogP contribution in [-0.4, -0.2) is 57.6 Å². The summed E-state index contributed by atoms with van der Waals surface area (Å²) in [4.78, 5) is 19.8. The van der Waals surface area contributed by atoms with Crippen LogP contribution in [0.2, 0.25) is 0 Å². The molecular formula is C114H118BBrN6O4. The lowest BCUT2D eigenvalue weighted by atomic mass is 9.74. The first kappa shape index (κ1) is 66.4. The molecule has 4 aromatic heterocycles. The van der Waals surface area contributed by atoms with E-state index in [-0.39, 0.29) is 121 Å². The van der Waals surface area contributed by atoms with E-state index in [2.05, 4.69) is 149 Å². The molecule has 2 N–H and O–H groups in total. The van der Waals surface area contributed by atoms with Gasteiger partial charge in [0.05, 0.1) is 89.1 Å². The van der Waals surface area contributed by atoms with Crippen LogP contribution in [-0.2, 0) is 41.8 Å². The van der Waals surface area contributed by atoms with E-state index in [1.165, 1.54) is 0 Å². The quantitative estimate of drug-likeness (QED) is 0.116. The van der Waals surface area contributed by atoms with Crippen LogP contribution in [0.4, 0.5) is 0 Å². The van der Waals surface area contributed by atoms with Crippen molar-refractivity contribution in [3.63, 3.8) is 0 Å². The molecule has 16 aromatic rings. The third-order valence-electron chi connectivity index (χ3n) is 23.3. The molecule has 638 valence electrons. The van der Waals surface area contributed by atoms with Gasteiger partial charge < -0.3 is 19.5 Å². The SMILES string of the molecule is [2H]c1c([2H])c([2H])c(-c2ccccc2-n2c(-c3cc(C(C)(C)C)cc(C(C)(C)C)c3O)nc3c(Br)cccc32)c([2H])c1[2H].[2H]c1c([2H])c([2H])c(-c2ccnc(-c3cc(-c4cccc5c4nc(-c4cc(C(C)(C)C)cc(C(C)(C)C)c4O)n5-c4ccccc4-c4c([2H])c([2H])c([2H])c([2H])c4[2H])cc(C(C)(C)C)c3)c2)c([2H])c1[2H].[2H]c1c([2H])c([2H])c(-c2ccnc(-c3cc(B4OC(C)(C)C(C)(C)O4)cc(C(C)(C)C)c3)c2)c([2H])c1[2H]. The summed E-state index contributed by atoms with van der Waals surface area (Å²) in [5.41, 5.74) is 14.6. The van der Waals surface area contributed by atoms with Gasteiger partial charge in [-0.1, -0.05) is 330 Å². The van der Waals surface area contributed by atoms with E-state index in [1.54, 1.807) is 60.9 Å². The fraction of sp³-hybridized carbons (Fsp3) is 0.263. The Balaban J connectivity index is 0.000000176. The molecule has 10 nitrogen and oxygen atoms in total. The Morgan fingerprint density at radius 2 is 0.690 bits per heavy atom. The number of phenolic OH excluding ortho intramolecular Hbond substituents is 2. The second-order valence-electron chi connectivity index (χ2n) is 39.3. The van der Waals surface area contributed by atoms with Crippen LogP contribution in [0.5, 0.6) is 11.5 Å². The minimum atomic E-state index is -0.541. The van der Waals surface area contributed by atoms with Crippen LogP contribution in [0, 0.1) is 0 Å². The first-order valence-corrected chi connectivity index (χ1v) is 43.1. The van der Waals surface area contributed by atoms with Crippen molar-refractivity contribution < 1.29 is 46.9 Å². The highest BCUT2D eigenvalue weighted by atomic mass is 79.9. The first-order chi connectivity index (χ1) is 67.8. The lowest BCUT2D eigenvalue weighted by molar-refractivity contribution is 0.00578. The molecule has 1 saturated heterocycles. The predicted octanol–water partition coefficient (Wildman–Crippen LogP) is 29.8. The molecule has 1 aliphatic rings. The van der Waals surface area contributed by atoms with Crippen molar-refractivity contribution in [2.24, 2.45) is 0 Å². The van der Waals surface area contributed by atoms with E-state index in [4.69, 9.17) is 51.7 Å². The Morgan fingerprint density at radius 3 is 1.11 bits per heavy atom. The molecule has 17 rings (SSSR count). The number of halogens is 1. The first-order valence-electron chi connectivity index (χ1n) is 52.3. The predicted molar refractivity (Wildman–Crippen MR) is 532 cm³/mol. The maximum absolute atomic E-state index is 12.5. The van der Waals surface area contributed by atoms with Crippen LogP contribution in [0.1, 0.15) is 213 Å². The number of para-hydroxylation sites is 4. The number of aromatic nitrogens is 6. The number of nitrogens with zero attached hydrogens (tertiary/aromatic N) is 6. The summed E-state index contributed by atoms with van der Waals surface area (Å²) in [5, 5.41) is 24.3. The molecule has 1 aliphatic heterocycles. The van der Waals surface area contributed by atoms with Crippen molar-refractivity contribution in [2.75, 3.05) is 0 Å². The third kappa shape index (κ3) is 18.5. The van der Waals surface area contributed by atoms with Gasteiger partial charge >= 0.3 is 7.12 Å². The Hall–Kier alpha value is -12.1. The maximum atomic E-state index is 12.5. The van der Waals surface area contributed by atoms with Gasteiger partial charge in [-0.25, -0.2) is 9.97 Å². The standard InChI is InChI=1S/C54H53N3O.C33H33BrN2O.C27H32BNO2/c1-52(2,3)40-30-38(29-39(31-40)46-32-37(27-28-55-46)35-19-12-10-13-20-35)43-24-18-26-48-49(43)56-51(44-33-41(53(4,5)6)34-45(50(44)58)54(7,8)9)57(48)47-25-17-16-23-42(47)36-21-14-11-15-22-36;1-32(2,3)22-19-24(30(37)25(20-22)33(4,5)6)31-35-29-26(34)16-12-18-28(29)36(31)27-17-11-10-15-23(27)21-13-8-7-9-14-21;1-25(2,3)22-15-21(16-23(18-22)28-30-26(4,5)27(6,7)31-28)24-17-20(13-14-29-24)19-11-9-8-10-12-19/h10-34,58H,1-9H3;7-20,37H,1-6H3;8-18H,1-7H3/i10D,11D,12D,13D,14D,15D,19D,20D,21D,22D;7D,8D,9D,13D,14D;8D,9D,10D,11D,12D. The Kier molecular flexibility index (Phi) is 18.1. The summed E-state index contributed by atoms with van der Waals surface area (Å²) in [7, 11) is -0.541. The van der Waals surface area contributed by atoms with Gasteiger partial charge in [-0.3, -0.25) is 19.1 Å². The lowest BCUT2D eigenvalue weighted by Crippen LogP contribution is -2.41. The Bertz CT molecular complexity index is 7880. The summed E-state index contributed by atoms with van der Waals surface area (Å²) < 4.78 is 186. The zero-order valence-electron chi connectivity index (χ0n) is 95.7. The summed E-state index contributed by atoms with van der Waals surface area (Å²) in [6.45, 7) is 45.8. The molecule has 0 atom stereocenters. The highest BCUT2D eigenvalue weighted by Gasteiger charge is 2.52. The van der Waals surface area contributed by atoms with Gasteiger partial charge in [-0.15, -0.1) is 0 Å². The third-order valence-corrected chi connectivity index (χ3v) is 24.0. The number of hydrogen-bond acceptors (Lipinski definition) is 8. The van der Waals surface area contributed by atoms with E-state index < -0.39 is 84.2 Å². The number of imidazole rings is 2. The second kappa shape index (κ2) is 34.4. The summed E-state index contributed by atoms with van der Waals surface area (Å²) >= 11 is 3.65. The molecule has 0 bridgehead atoms. The van der Waals surface area contributed by atoms with E-state index in [0.29, 0.717) is 84.3 Å².